The zero-order valence-corrected chi connectivity index (χ0v) is 56.8. The monoisotopic (exact) mass is 1430 g/mol. The molecule has 16 N–H and O–H groups in total. The zero-order valence-electron chi connectivity index (χ0n) is 55.2. The van der Waals surface area contributed by atoms with Crippen LogP contribution >= 0.6 is 11.3 Å². The van der Waals surface area contributed by atoms with Gasteiger partial charge in [0.05, 0.1) is 79.9 Å². The van der Waals surface area contributed by atoms with Gasteiger partial charge >= 0.3 is 10.4 Å². The molecule has 5 aliphatic heterocycles. The van der Waals surface area contributed by atoms with E-state index in [4.69, 9.17) is 14.8 Å². The number of aliphatic hydroxyl groups excluding tert-OH is 8. The summed E-state index contributed by atoms with van der Waals surface area (Å²) in [5, 5.41) is 121. The number of amides is 6. The lowest BCUT2D eigenvalue weighted by molar-refractivity contribution is -0.147. The van der Waals surface area contributed by atoms with Crippen LogP contribution < -0.4 is 45.9 Å². The van der Waals surface area contributed by atoms with E-state index in [1.54, 1.807) is 4.52 Å². The third kappa shape index (κ3) is 18.8. The van der Waals surface area contributed by atoms with Gasteiger partial charge in [-0.3, -0.25) is 33.3 Å². The summed E-state index contributed by atoms with van der Waals surface area (Å²) in [5.74, 6) is -8.49. The molecule has 1 unspecified atom stereocenters. The number of fused-ring (bicyclic) bond motifs is 3. The van der Waals surface area contributed by atoms with E-state index in [-0.39, 0.29) is 31.1 Å². The van der Waals surface area contributed by atoms with Crippen LogP contribution in [0.4, 0.5) is 10.8 Å². The Kier molecular flexibility index (Phi) is 25.1. The van der Waals surface area contributed by atoms with E-state index in [1.807, 2.05) is 6.20 Å². The Morgan fingerprint density at radius 1 is 0.758 bits per heavy atom. The predicted molar refractivity (Wildman–Crippen MR) is 356 cm³/mol. The van der Waals surface area contributed by atoms with Crippen molar-refractivity contribution in [3.63, 3.8) is 0 Å². The molecule has 10 rings (SSSR count). The van der Waals surface area contributed by atoms with Crippen LogP contribution in [0.25, 0.3) is 16.2 Å². The van der Waals surface area contributed by atoms with Crippen molar-refractivity contribution in [1.29, 1.82) is 0 Å². The lowest BCUT2D eigenvalue weighted by Crippen LogP contribution is -2.64. The second-order valence-corrected chi connectivity index (χ2v) is 29.0. The van der Waals surface area contributed by atoms with Crippen LogP contribution in [0.1, 0.15) is 83.6 Å². The quantitative estimate of drug-likeness (QED) is 0.0339. The maximum Gasteiger partial charge on any atom is 0.446 e. The molecule has 0 radical (unpaired) electrons. The normalized spacial score (nSPS) is 27.4. The van der Waals surface area contributed by atoms with Crippen LogP contribution in [0, 0.1) is 17.8 Å². The molecule has 33 nitrogen and oxygen atoms in total. The molecule has 13 atom stereocenters. The Balaban J connectivity index is 0.853. The maximum atomic E-state index is 15.0. The molecule has 4 aromatic rings. The van der Waals surface area contributed by atoms with E-state index in [9.17, 15) is 87.7 Å². The molecule has 2 aromatic carbocycles. The number of nitrogens with one attached hydrogen (secondary N) is 6. The van der Waals surface area contributed by atoms with Gasteiger partial charge in [0.2, 0.25) is 45.5 Å². The molecule has 1 saturated carbocycles. The highest BCUT2D eigenvalue weighted by Crippen LogP contribution is 2.34. The highest BCUT2D eigenvalue weighted by atomic mass is 32.3. The number of rotatable bonds is 22. The third-order valence-corrected chi connectivity index (χ3v) is 21.1. The average Bonchev–Trinajstić information content (AvgIpc) is 1.68. The van der Waals surface area contributed by atoms with Crippen LogP contribution in [0.2, 0.25) is 0 Å². The standard InChI is InChI=1S/C64H93N13O20S2/c1-34-28-76-55(56(34)86)60(90)67-27-42(81)24-45(66-26-36-13-18-74(19-14-36)64-72-77-30-46(68-63(77)98-64)39-7-9-41(10-8-39)73-20-15-44(16-21-73)96-33-37-4-3-5-37)57(87)69-52(35(2)80)61(91)75-29-43(82)25-47(75)58(88)70-53(50(85)22-38-6-11-48(83)51(23-38)97-99(93,94)95)59(89)71-54(62(76)92)49(84)12-17-65-40(31-78)32-79/h6-11,23,30,34-37,40,42-45,47,49-50,52-56,65-66,78-86H,3-5,12-22,24-29,31-33H2,1-2H3,(H,67,90)(H,69,87)(H,70,88)(H,71,89)(H,93,94,95)/t34-,35+,42+,43+,45-,47-,49+,50+,52?,53-,54-,55-,56-/m0/s1. The summed E-state index contributed by atoms with van der Waals surface area (Å²) in [6.45, 7) is 4.07. The van der Waals surface area contributed by atoms with Gasteiger partial charge in [0, 0.05) is 82.4 Å². The molecule has 5 saturated heterocycles. The number of ether oxygens (including phenoxy) is 1. The second kappa shape index (κ2) is 33.2. The number of hydrogen-bond donors (Lipinski definition) is 16. The molecule has 6 aliphatic rings. The fraction of sp³-hybridized carbons (Fsp3) is 0.656. The second-order valence-electron chi connectivity index (χ2n) is 27.1. The molecule has 2 aromatic heterocycles. The highest BCUT2D eigenvalue weighted by Gasteiger charge is 2.50. The summed E-state index contributed by atoms with van der Waals surface area (Å²) in [6, 6.07) is -0.413. The van der Waals surface area contributed by atoms with Crippen LogP contribution in [-0.4, -0.2) is 283 Å². The van der Waals surface area contributed by atoms with Gasteiger partial charge in [-0.25, -0.2) is 9.50 Å². The van der Waals surface area contributed by atoms with Crippen molar-refractivity contribution < 1.29 is 96.6 Å². The first-order chi connectivity index (χ1) is 47.2. The molecule has 99 heavy (non-hydrogen) atoms. The first-order valence-corrected chi connectivity index (χ1v) is 36.1. The molecule has 0 spiro atoms. The third-order valence-electron chi connectivity index (χ3n) is 19.8. The summed E-state index contributed by atoms with van der Waals surface area (Å²) in [4.78, 5) is 100. The van der Waals surface area contributed by atoms with Crippen molar-refractivity contribution in [2.75, 3.05) is 88.5 Å². The minimum atomic E-state index is -5.22. The van der Waals surface area contributed by atoms with E-state index in [0.717, 1.165) is 93.5 Å². The SMILES string of the molecule is C[C@@H](O)C1NC(=O)[C@@H](NCC2CCN(c3nn4cc(-c5ccc(N6CCC(OCC7CCC7)CC6)cc5)nc4s3)CC2)C[C@@H](O)CNC(=O)[C@@H]2[C@@H](O)[C@@H](C)CN2C(=O)[C@H]([C@H](O)CCNC(CO)CO)NC(=O)[C@H]([C@H](O)Cc2ccc(O)c(OS(=O)(=O)O)c2)NC(=O)[C@@H]2C[C@@H](O)CN2C1=O. The number of anilines is 2. The first-order valence-electron chi connectivity index (χ1n) is 33.9. The molecule has 7 heterocycles. The fourth-order valence-corrected chi connectivity index (χ4v) is 14.9. The summed E-state index contributed by atoms with van der Waals surface area (Å²) in [5.41, 5.74) is 2.84. The molecule has 546 valence electrons. The number of phenols is 1. The van der Waals surface area contributed by atoms with Gasteiger partial charge in [0.15, 0.2) is 11.5 Å². The first kappa shape index (κ1) is 74.7. The number of phenolic OH excluding ortho intramolecular Hbond substituents is 1. The maximum absolute atomic E-state index is 15.0. The highest BCUT2D eigenvalue weighted by molar-refractivity contribution is 7.81. The van der Waals surface area contributed by atoms with Crippen LogP contribution in [0.15, 0.2) is 48.7 Å². The minimum absolute atomic E-state index is 0.0433. The minimum Gasteiger partial charge on any atom is -0.504 e. The number of imidazole rings is 1. The predicted octanol–water partition coefficient (Wildman–Crippen LogP) is -3.51. The van der Waals surface area contributed by atoms with Crippen LogP contribution in [0.5, 0.6) is 11.5 Å². The number of hydrogen-bond acceptors (Lipinski definition) is 26. The Labute approximate surface area is 576 Å². The van der Waals surface area contributed by atoms with Crippen molar-refractivity contribution in [1.82, 2.24) is 56.3 Å². The van der Waals surface area contributed by atoms with Gasteiger partial charge in [-0.05, 0) is 113 Å². The van der Waals surface area contributed by atoms with Crippen molar-refractivity contribution in [2.45, 2.75) is 169 Å². The fourth-order valence-electron chi connectivity index (χ4n) is 13.6. The topological polar surface area (TPSA) is 473 Å². The molecule has 0 bridgehead atoms. The van der Waals surface area contributed by atoms with Crippen molar-refractivity contribution in [2.24, 2.45) is 17.8 Å². The van der Waals surface area contributed by atoms with Crippen LogP contribution in [-0.2, 0) is 50.3 Å². The number of aliphatic hydroxyl groups is 8. The van der Waals surface area contributed by atoms with Gasteiger partial charge < -0.3 is 106 Å². The summed E-state index contributed by atoms with van der Waals surface area (Å²) in [7, 11) is -5.22. The molecule has 6 fully saturated rings. The van der Waals surface area contributed by atoms with Crippen LogP contribution in [0.3, 0.4) is 0 Å². The zero-order chi connectivity index (χ0) is 71.0. The molecule has 35 heteroatoms. The molecule has 6 amide bonds. The Morgan fingerprint density at radius 3 is 2.09 bits per heavy atom. The summed E-state index contributed by atoms with van der Waals surface area (Å²) in [6.07, 6.45) is -2.91. The molecular formula is C64H93N13O20S2. The Bertz CT molecular complexity index is 3520. The Hall–Kier alpha value is -6.97. The summed E-state index contributed by atoms with van der Waals surface area (Å²) < 4.78 is 45.1. The van der Waals surface area contributed by atoms with Crippen molar-refractivity contribution in [3.05, 3.63) is 54.2 Å². The Morgan fingerprint density at radius 2 is 1.43 bits per heavy atom. The van der Waals surface area contributed by atoms with E-state index in [2.05, 4.69) is 70.1 Å². The molecule has 1 aliphatic carbocycles. The van der Waals surface area contributed by atoms with Gasteiger partial charge in [0.25, 0.3) is 0 Å². The number of nitrogens with zero attached hydrogens (tertiary/aromatic N) is 7. The van der Waals surface area contributed by atoms with E-state index in [1.165, 1.54) is 44.4 Å². The summed E-state index contributed by atoms with van der Waals surface area (Å²) >= 11 is 1.46. The van der Waals surface area contributed by atoms with Gasteiger partial charge in [-0.15, -0.1) is 5.10 Å². The van der Waals surface area contributed by atoms with Gasteiger partial charge in [-0.1, -0.05) is 42.9 Å². The number of aromatic nitrogens is 3. The van der Waals surface area contributed by atoms with Crippen molar-refractivity contribution >= 4 is 73.0 Å². The lowest BCUT2D eigenvalue weighted by Gasteiger charge is -2.35. The number of aromatic hydroxyl groups is 1. The van der Waals surface area contributed by atoms with E-state index < -0.39 is 194 Å². The smallest absolute Gasteiger partial charge is 0.446 e. The largest absolute Gasteiger partial charge is 0.504 e. The molecular weight excluding hydrogens is 1330 g/mol. The van der Waals surface area contributed by atoms with Gasteiger partial charge in [0.1, 0.15) is 30.2 Å². The number of piperidine rings is 2. The van der Waals surface area contributed by atoms with Crippen molar-refractivity contribution in [3.8, 4) is 22.8 Å². The average molecular weight is 1430 g/mol. The lowest BCUT2D eigenvalue weighted by atomic mass is 9.86. The van der Waals surface area contributed by atoms with E-state index >= 15 is 0 Å². The van der Waals surface area contributed by atoms with Gasteiger partial charge in [-0.2, -0.15) is 8.42 Å². The number of β-amino-alcohol motifs (C(OH)–C–C–N with tert-alkyl or cyclic N) is 1. The number of carbonyl (C=O) groups is 6. The number of benzene rings is 2. The number of carbonyl (C=O) groups excluding carboxylic acids is 6. The van der Waals surface area contributed by atoms with E-state index in [0.29, 0.717) is 32.0 Å².